The predicted octanol–water partition coefficient (Wildman–Crippen LogP) is 4.12. The van der Waals surface area contributed by atoms with Gasteiger partial charge in [-0.1, -0.05) is 5.16 Å². The summed E-state index contributed by atoms with van der Waals surface area (Å²) >= 11 is 0. The lowest BCUT2D eigenvalue weighted by Crippen LogP contribution is -2.16. The normalized spacial score (nSPS) is 10.4. The van der Waals surface area contributed by atoms with Crippen LogP contribution in [0.1, 0.15) is 34.3 Å². The molecular formula is C22H23N3O4. The molecule has 0 bridgehead atoms. The number of benzene rings is 2. The summed E-state index contributed by atoms with van der Waals surface area (Å²) in [6.45, 7) is 6.09. The van der Waals surface area contributed by atoms with Gasteiger partial charge in [-0.2, -0.15) is 0 Å². The van der Waals surface area contributed by atoms with Gasteiger partial charge in [-0.05, 0) is 69.3 Å². The number of anilines is 2. The average Bonchev–Trinajstić information content (AvgIpc) is 3.02. The van der Waals surface area contributed by atoms with E-state index in [9.17, 15) is 9.59 Å². The molecule has 2 aromatic carbocycles. The first-order valence-electron chi connectivity index (χ1n) is 9.32. The molecule has 7 nitrogen and oxygen atoms in total. The van der Waals surface area contributed by atoms with Crippen molar-refractivity contribution in [3.63, 3.8) is 0 Å². The van der Waals surface area contributed by atoms with Gasteiger partial charge in [0.25, 0.3) is 5.91 Å². The summed E-state index contributed by atoms with van der Waals surface area (Å²) in [7, 11) is 0. The van der Waals surface area contributed by atoms with Crippen molar-refractivity contribution in [2.24, 2.45) is 0 Å². The Morgan fingerprint density at radius 3 is 2.17 bits per heavy atom. The van der Waals surface area contributed by atoms with Gasteiger partial charge >= 0.3 is 0 Å². The molecule has 0 radical (unpaired) electrons. The van der Waals surface area contributed by atoms with Crippen LogP contribution in [0.3, 0.4) is 0 Å². The van der Waals surface area contributed by atoms with Gasteiger partial charge in [0.2, 0.25) is 5.91 Å². The number of aromatic nitrogens is 1. The number of carbonyl (C=O) groups is 2. The number of nitrogens with one attached hydrogen (secondary N) is 2. The number of hydrogen-bond donors (Lipinski definition) is 2. The van der Waals surface area contributed by atoms with Crippen molar-refractivity contribution in [3.8, 4) is 5.75 Å². The van der Waals surface area contributed by atoms with E-state index < -0.39 is 0 Å². The molecule has 0 aliphatic rings. The van der Waals surface area contributed by atoms with Crippen LogP contribution in [-0.2, 0) is 11.2 Å². The molecule has 29 heavy (non-hydrogen) atoms. The Bertz CT molecular complexity index is 972. The number of carbonyl (C=O) groups excluding carboxylic acids is 2. The Balaban J connectivity index is 1.57. The van der Waals surface area contributed by atoms with Gasteiger partial charge < -0.3 is 19.9 Å². The molecule has 0 aliphatic heterocycles. The molecule has 0 fully saturated rings. The van der Waals surface area contributed by atoms with Crippen LogP contribution in [-0.4, -0.2) is 23.6 Å². The fraction of sp³-hybridized carbons (Fsp3) is 0.227. The highest BCUT2D eigenvalue weighted by Gasteiger charge is 2.14. The Morgan fingerprint density at radius 2 is 1.59 bits per heavy atom. The topological polar surface area (TPSA) is 93.5 Å². The molecule has 0 saturated heterocycles. The molecule has 0 unspecified atom stereocenters. The van der Waals surface area contributed by atoms with Crippen molar-refractivity contribution in [1.29, 1.82) is 0 Å². The van der Waals surface area contributed by atoms with E-state index >= 15 is 0 Å². The zero-order valence-corrected chi connectivity index (χ0v) is 16.6. The van der Waals surface area contributed by atoms with Crippen molar-refractivity contribution in [2.45, 2.75) is 27.2 Å². The van der Waals surface area contributed by atoms with E-state index in [2.05, 4.69) is 15.8 Å². The number of aryl methyl sites for hydroxylation is 2. The van der Waals surface area contributed by atoms with Crippen LogP contribution in [0.4, 0.5) is 11.4 Å². The molecule has 2 amide bonds. The summed E-state index contributed by atoms with van der Waals surface area (Å²) in [5.41, 5.74) is 3.27. The lowest BCUT2D eigenvalue weighted by molar-refractivity contribution is -0.115. The molecule has 7 heteroatoms. The third-order valence-corrected chi connectivity index (χ3v) is 4.37. The van der Waals surface area contributed by atoms with Crippen LogP contribution in [0.5, 0.6) is 5.75 Å². The standard InChI is InChI=1S/C22H23N3O4/c1-4-28-19-11-9-18(10-12-19)24-22(27)16-5-7-17(8-6-16)23-21(26)13-20-14(2)25-29-15(20)3/h5-12H,4,13H2,1-3H3,(H,23,26)(H,24,27). The van der Waals surface area contributed by atoms with Crippen molar-refractivity contribution in [3.05, 3.63) is 71.1 Å². The molecule has 0 aliphatic carbocycles. The van der Waals surface area contributed by atoms with Crippen LogP contribution in [0.2, 0.25) is 0 Å². The maximum atomic E-state index is 12.4. The van der Waals surface area contributed by atoms with E-state index in [-0.39, 0.29) is 18.2 Å². The average molecular weight is 393 g/mol. The maximum Gasteiger partial charge on any atom is 0.255 e. The van der Waals surface area contributed by atoms with Crippen molar-refractivity contribution in [1.82, 2.24) is 5.16 Å². The molecule has 0 saturated carbocycles. The minimum Gasteiger partial charge on any atom is -0.494 e. The smallest absolute Gasteiger partial charge is 0.255 e. The molecule has 0 atom stereocenters. The second-order valence-corrected chi connectivity index (χ2v) is 6.52. The molecule has 0 spiro atoms. The molecule has 2 N–H and O–H groups in total. The third kappa shape index (κ3) is 5.22. The van der Waals surface area contributed by atoms with Gasteiger partial charge in [-0.3, -0.25) is 9.59 Å². The Kier molecular flexibility index (Phi) is 6.29. The minimum absolute atomic E-state index is 0.175. The first-order valence-corrected chi connectivity index (χ1v) is 9.32. The monoisotopic (exact) mass is 393 g/mol. The highest BCUT2D eigenvalue weighted by Crippen LogP contribution is 2.18. The largest absolute Gasteiger partial charge is 0.494 e. The van der Waals surface area contributed by atoms with Crippen molar-refractivity contribution in [2.75, 3.05) is 17.2 Å². The summed E-state index contributed by atoms with van der Waals surface area (Å²) in [6, 6.07) is 13.9. The summed E-state index contributed by atoms with van der Waals surface area (Å²) in [5.74, 6) is 0.981. The van der Waals surface area contributed by atoms with E-state index in [4.69, 9.17) is 9.26 Å². The molecule has 1 aromatic heterocycles. The number of amides is 2. The maximum absolute atomic E-state index is 12.4. The molecule has 1 heterocycles. The number of ether oxygens (including phenoxy) is 1. The van der Waals surface area contributed by atoms with E-state index in [1.54, 1.807) is 62.4 Å². The summed E-state index contributed by atoms with van der Waals surface area (Å²) in [5, 5.41) is 9.49. The molecule has 150 valence electrons. The minimum atomic E-state index is -0.234. The van der Waals surface area contributed by atoms with Gasteiger partial charge in [-0.25, -0.2) is 0 Å². The highest BCUT2D eigenvalue weighted by atomic mass is 16.5. The first-order chi connectivity index (χ1) is 14.0. The first kappa shape index (κ1) is 20.1. The van der Waals surface area contributed by atoms with Crippen molar-refractivity contribution < 1.29 is 18.8 Å². The van der Waals surface area contributed by atoms with Gasteiger partial charge in [0.15, 0.2) is 0 Å². The number of hydrogen-bond acceptors (Lipinski definition) is 5. The predicted molar refractivity (Wildman–Crippen MR) is 110 cm³/mol. The van der Waals surface area contributed by atoms with Crippen molar-refractivity contribution >= 4 is 23.2 Å². The van der Waals surface area contributed by atoms with E-state index in [1.807, 2.05) is 6.92 Å². The quantitative estimate of drug-likeness (QED) is 0.630. The fourth-order valence-electron chi connectivity index (χ4n) is 2.83. The zero-order valence-electron chi connectivity index (χ0n) is 16.6. The van der Waals surface area contributed by atoms with Crippen LogP contribution < -0.4 is 15.4 Å². The molecule has 3 aromatic rings. The number of rotatable bonds is 7. The zero-order chi connectivity index (χ0) is 20.8. The summed E-state index contributed by atoms with van der Waals surface area (Å²) in [6.07, 6.45) is 0.182. The fourth-order valence-corrected chi connectivity index (χ4v) is 2.83. The Morgan fingerprint density at radius 1 is 0.966 bits per heavy atom. The Hall–Kier alpha value is -3.61. The second-order valence-electron chi connectivity index (χ2n) is 6.52. The molecule has 3 rings (SSSR count). The van der Waals surface area contributed by atoms with Gasteiger partial charge in [0.05, 0.1) is 18.7 Å². The second kappa shape index (κ2) is 9.05. The molecular weight excluding hydrogens is 370 g/mol. The lowest BCUT2D eigenvalue weighted by atomic mass is 10.1. The lowest BCUT2D eigenvalue weighted by Gasteiger charge is -2.09. The van der Waals surface area contributed by atoms with Crippen LogP contribution in [0.25, 0.3) is 0 Å². The van der Waals surface area contributed by atoms with Crippen LogP contribution in [0, 0.1) is 13.8 Å². The SMILES string of the molecule is CCOc1ccc(NC(=O)c2ccc(NC(=O)Cc3c(C)noc3C)cc2)cc1. The van der Waals surface area contributed by atoms with E-state index in [0.29, 0.717) is 35.0 Å². The summed E-state index contributed by atoms with van der Waals surface area (Å²) in [4.78, 5) is 24.6. The highest BCUT2D eigenvalue weighted by molar-refractivity contribution is 6.04. The van der Waals surface area contributed by atoms with E-state index in [0.717, 1.165) is 11.3 Å². The van der Waals surface area contributed by atoms with Gasteiger partial charge in [0, 0.05) is 22.5 Å². The van der Waals surface area contributed by atoms with E-state index in [1.165, 1.54) is 0 Å². The van der Waals surface area contributed by atoms with Crippen LogP contribution >= 0.6 is 0 Å². The summed E-state index contributed by atoms with van der Waals surface area (Å²) < 4.78 is 10.5. The van der Waals surface area contributed by atoms with Gasteiger partial charge in [-0.15, -0.1) is 0 Å². The third-order valence-electron chi connectivity index (χ3n) is 4.37. The van der Waals surface area contributed by atoms with Gasteiger partial charge in [0.1, 0.15) is 11.5 Å². The number of nitrogens with zero attached hydrogens (tertiary/aromatic N) is 1. The Labute approximate surface area is 169 Å². The van der Waals surface area contributed by atoms with Crippen LogP contribution in [0.15, 0.2) is 53.1 Å².